The number of carbonyl (C=O) groups excluding carboxylic acids is 1. The Bertz CT molecular complexity index is 972. The molecule has 4 unspecified atom stereocenters. The van der Waals surface area contributed by atoms with Crippen LogP contribution in [-0.4, -0.2) is 57.3 Å². The van der Waals surface area contributed by atoms with Crippen LogP contribution in [0.25, 0.3) is 0 Å². The summed E-state index contributed by atoms with van der Waals surface area (Å²) in [7, 11) is 0. The van der Waals surface area contributed by atoms with Crippen LogP contribution in [0.3, 0.4) is 0 Å². The van der Waals surface area contributed by atoms with Crippen LogP contribution in [0.15, 0.2) is 60.8 Å². The number of allylic oxidation sites excluding steroid dienone is 10. The SMILES string of the molecule is CCC/C=C/CC/C=C/CC/C=C/CCCC(O)C(O)C(CO)NC(=O)C(O)CCCCCCCCCCCC/C=C\C/C=C\CCCCCCCCCCC. The second-order valence-corrected chi connectivity index (χ2v) is 16.1. The summed E-state index contributed by atoms with van der Waals surface area (Å²) in [5, 5.41) is 43.7. The third-order valence-corrected chi connectivity index (χ3v) is 10.6. The van der Waals surface area contributed by atoms with Gasteiger partial charge in [0.2, 0.25) is 5.91 Å². The highest BCUT2D eigenvalue weighted by Gasteiger charge is 2.28. The molecule has 0 heterocycles. The lowest BCUT2D eigenvalue weighted by Gasteiger charge is -2.27. The Kier molecular flexibility index (Phi) is 42.6. The molecule has 0 spiro atoms. The van der Waals surface area contributed by atoms with Gasteiger partial charge < -0.3 is 25.7 Å². The predicted molar refractivity (Wildman–Crippen MR) is 242 cm³/mol. The molecule has 6 heteroatoms. The number of aliphatic hydroxyl groups is 4. The molecule has 56 heavy (non-hydrogen) atoms. The summed E-state index contributed by atoms with van der Waals surface area (Å²) in [6, 6.07) is -1.01. The van der Waals surface area contributed by atoms with Gasteiger partial charge in [-0.15, -0.1) is 0 Å². The maximum absolute atomic E-state index is 12.5. The minimum atomic E-state index is -1.30. The number of unbranched alkanes of at least 4 members (excludes halogenated alkanes) is 23. The number of carbonyl (C=O) groups is 1. The van der Waals surface area contributed by atoms with E-state index in [4.69, 9.17) is 0 Å². The predicted octanol–water partition coefficient (Wildman–Crippen LogP) is 12.9. The monoisotopic (exact) mass is 786 g/mol. The molecule has 0 saturated carbocycles. The maximum atomic E-state index is 12.5. The van der Waals surface area contributed by atoms with Crippen molar-refractivity contribution in [2.24, 2.45) is 0 Å². The number of aliphatic hydroxyl groups excluding tert-OH is 4. The number of nitrogens with one attached hydrogen (secondary N) is 1. The van der Waals surface area contributed by atoms with E-state index in [2.05, 4.69) is 79.9 Å². The number of hydrogen-bond acceptors (Lipinski definition) is 5. The molecule has 0 aliphatic carbocycles. The fourth-order valence-electron chi connectivity index (χ4n) is 6.89. The zero-order valence-corrected chi connectivity index (χ0v) is 36.6. The third-order valence-electron chi connectivity index (χ3n) is 10.6. The highest BCUT2D eigenvalue weighted by atomic mass is 16.3. The van der Waals surface area contributed by atoms with Gasteiger partial charge in [-0.1, -0.05) is 190 Å². The van der Waals surface area contributed by atoms with Gasteiger partial charge in [-0.3, -0.25) is 4.79 Å². The molecule has 0 fully saturated rings. The molecule has 0 rings (SSSR count). The molecule has 0 aliphatic rings. The van der Waals surface area contributed by atoms with Crippen molar-refractivity contribution in [1.29, 1.82) is 0 Å². The van der Waals surface area contributed by atoms with Crippen molar-refractivity contribution in [2.75, 3.05) is 6.61 Å². The van der Waals surface area contributed by atoms with E-state index >= 15 is 0 Å². The lowest BCUT2D eigenvalue weighted by molar-refractivity contribution is -0.132. The summed E-state index contributed by atoms with van der Waals surface area (Å²) in [6.45, 7) is 3.96. The molecule has 0 aromatic carbocycles. The van der Waals surface area contributed by atoms with Crippen LogP contribution in [0.4, 0.5) is 0 Å². The molecular weight excluding hydrogens is 695 g/mol. The Labute approximate surface area is 346 Å². The van der Waals surface area contributed by atoms with Crippen LogP contribution in [-0.2, 0) is 4.79 Å². The largest absolute Gasteiger partial charge is 0.394 e. The van der Waals surface area contributed by atoms with Crippen LogP contribution in [0, 0.1) is 0 Å². The van der Waals surface area contributed by atoms with E-state index < -0.39 is 36.9 Å². The summed E-state index contributed by atoms with van der Waals surface area (Å²) >= 11 is 0. The van der Waals surface area contributed by atoms with E-state index in [1.165, 1.54) is 122 Å². The Morgan fingerprint density at radius 2 is 0.839 bits per heavy atom. The van der Waals surface area contributed by atoms with Gasteiger partial charge in [-0.05, 0) is 89.9 Å². The Morgan fingerprint density at radius 1 is 0.446 bits per heavy atom. The fraction of sp³-hybridized carbons (Fsp3) is 0.780. The maximum Gasteiger partial charge on any atom is 0.249 e. The first-order valence-electron chi connectivity index (χ1n) is 23.7. The lowest BCUT2D eigenvalue weighted by atomic mass is 10.00. The molecule has 0 bridgehead atoms. The van der Waals surface area contributed by atoms with Gasteiger partial charge in [-0.25, -0.2) is 0 Å². The van der Waals surface area contributed by atoms with Crippen LogP contribution in [0.5, 0.6) is 0 Å². The first-order chi connectivity index (χ1) is 27.5. The molecule has 0 radical (unpaired) electrons. The Morgan fingerprint density at radius 3 is 1.30 bits per heavy atom. The van der Waals surface area contributed by atoms with Gasteiger partial charge in [0.15, 0.2) is 0 Å². The molecule has 0 aliphatic heterocycles. The molecule has 5 N–H and O–H groups in total. The van der Waals surface area contributed by atoms with Crippen molar-refractivity contribution in [3.8, 4) is 0 Å². The van der Waals surface area contributed by atoms with Crippen molar-refractivity contribution in [2.45, 2.75) is 244 Å². The third kappa shape index (κ3) is 37.6. The van der Waals surface area contributed by atoms with E-state index in [-0.39, 0.29) is 0 Å². The number of amides is 1. The van der Waals surface area contributed by atoms with Crippen LogP contribution in [0.2, 0.25) is 0 Å². The van der Waals surface area contributed by atoms with E-state index in [0.29, 0.717) is 19.3 Å². The number of rotatable bonds is 42. The zero-order chi connectivity index (χ0) is 41.0. The lowest BCUT2D eigenvalue weighted by Crippen LogP contribution is -2.53. The minimum absolute atomic E-state index is 0.352. The summed E-state index contributed by atoms with van der Waals surface area (Å²) < 4.78 is 0. The molecule has 1 amide bonds. The molecule has 6 nitrogen and oxygen atoms in total. The fourth-order valence-corrected chi connectivity index (χ4v) is 6.89. The topological polar surface area (TPSA) is 110 Å². The van der Waals surface area contributed by atoms with Gasteiger partial charge in [0.05, 0.1) is 18.8 Å². The summed E-state index contributed by atoms with van der Waals surface area (Å²) in [5.41, 5.74) is 0. The standard InChI is InChI=1S/C50H91NO5/c1-3-5-7-9-11-13-15-17-19-20-21-22-23-24-25-26-27-28-29-30-32-34-36-38-40-42-44-48(54)50(56)51-46(45-52)49(55)47(53)43-41-39-37-35-33-31-18-16-14-12-10-8-6-4-2/h8,10,16,18,21-22,24-25,35,37,46-49,52-55H,3-7,9,11-15,17,19-20,23,26-34,36,38-45H2,1-2H3,(H,51,56)/b10-8+,18-16+,22-21-,25-24-,37-35+. The normalized spacial score (nSPS) is 14.6. The van der Waals surface area contributed by atoms with Crippen molar-refractivity contribution in [3.63, 3.8) is 0 Å². The zero-order valence-electron chi connectivity index (χ0n) is 36.6. The van der Waals surface area contributed by atoms with Crippen molar-refractivity contribution >= 4 is 5.91 Å². The minimum Gasteiger partial charge on any atom is -0.394 e. The van der Waals surface area contributed by atoms with Crippen LogP contribution in [0.1, 0.15) is 219 Å². The number of hydrogen-bond donors (Lipinski definition) is 5. The van der Waals surface area contributed by atoms with Crippen LogP contribution < -0.4 is 5.32 Å². The van der Waals surface area contributed by atoms with Crippen LogP contribution >= 0.6 is 0 Å². The van der Waals surface area contributed by atoms with E-state index in [1.807, 2.05) is 0 Å². The van der Waals surface area contributed by atoms with E-state index in [9.17, 15) is 25.2 Å². The second-order valence-electron chi connectivity index (χ2n) is 16.1. The first kappa shape index (κ1) is 54.0. The Hall–Kier alpha value is -1.99. The molecule has 0 aromatic rings. The van der Waals surface area contributed by atoms with E-state index in [1.54, 1.807) is 0 Å². The first-order valence-corrected chi connectivity index (χ1v) is 23.7. The molecule has 0 saturated heterocycles. The van der Waals surface area contributed by atoms with Gasteiger partial charge in [-0.2, -0.15) is 0 Å². The average Bonchev–Trinajstić information content (AvgIpc) is 3.20. The summed E-state index contributed by atoms with van der Waals surface area (Å²) in [4.78, 5) is 12.5. The van der Waals surface area contributed by atoms with Gasteiger partial charge >= 0.3 is 0 Å². The molecule has 326 valence electrons. The van der Waals surface area contributed by atoms with Crippen molar-refractivity contribution in [3.05, 3.63) is 60.8 Å². The summed E-state index contributed by atoms with van der Waals surface area (Å²) in [5.74, 6) is -0.604. The van der Waals surface area contributed by atoms with E-state index in [0.717, 1.165) is 64.2 Å². The van der Waals surface area contributed by atoms with Gasteiger partial charge in [0.25, 0.3) is 0 Å². The van der Waals surface area contributed by atoms with Crippen molar-refractivity contribution < 1.29 is 25.2 Å². The Balaban J connectivity index is 3.74. The van der Waals surface area contributed by atoms with Gasteiger partial charge in [0.1, 0.15) is 12.2 Å². The van der Waals surface area contributed by atoms with Gasteiger partial charge in [0, 0.05) is 0 Å². The quantitative estimate of drug-likeness (QED) is 0.0313. The molecule has 0 aromatic heterocycles. The summed E-state index contributed by atoms with van der Waals surface area (Å²) in [6.07, 6.45) is 55.5. The highest BCUT2D eigenvalue weighted by molar-refractivity contribution is 5.80. The smallest absolute Gasteiger partial charge is 0.249 e. The highest BCUT2D eigenvalue weighted by Crippen LogP contribution is 2.15. The molecular formula is C50H91NO5. The molecule has 4 atom stereocenters. The van der Waals surface area contributed by atoms with Crippen molar-refractivity contribution in [1.82, 2.24) is 5.32 Å². The second kappa shape index (κ2) is 44.1. The average molecular weight is 786 g/mol.